The van der Waals surface area contributed by atoms with Gasteiger partial charge in [0.25, 0.3) is 11.7 Å². The molecule has 3 rings (SSSR count). The highest BCUT2D eigenvalue weighted by atomic mass is 16.5. The number of hydrogen-bond acceptors (Lipinski definition) is 6. The smallest absolute Gasteiger partial charge is 0.295 e. The Bertz CT molecular complexity index is 862. The van der Waals surface area contributed by atoms with Crippen LogP contribution in [0.2, 0.25) is 0 Å². The highest BCUT2D eigenvalue weighted by Crippen LogP contribution is 2.39. The third kappa shape index (κ3) is 3.54. The summed E-state index contributed by atoms with van der Waals surface area (Å²) >= 11 is 0. The lowest BCUT2D eigenvalue weighted by atomic mass is 9.96. The van der Waals surface area contributed by atoms with Gasteiger partial charge in [-0.2, -0.15) is 0 Å². The summed E-state index contributed by atoms with van der Waals surface area (Å²) in [5.74, 6) is -0.985. The molecule has 7 heteroatoms. The van der Waals surface area contributed by atoms with Crippen LogP contribution >= 0.6 is 0 Å². The average molecular weight is 368 g/mol. The topological polar surface area (TPSA) is 89.0 Å². The number of aliphatic hydroxyl groups is 1. The maximum Gasteiger partial charge on any atom is 0.295 e. The number of Topliss-reactive ketones (excluding diaryl/α,β-unsaturated/α-hetero) is 1. The summed E-state index contributed by atoms with van der Waals surface area (Å²) in [6.07, 6.45) is 3.16. The third-order valence-electron chi connectivity index (χ3n) is 4.46. The molecule has 0 radical (unpaired) electrons. The number of aromatic nitrogens is 1. The minimum Gasteiger partial charge on any atom is -0.507 e. The van der Waals surface area contributed by atoms with Gasteiger partial charge in [0.15, 0.2) is 0 Å². The molecule has 1 aliphatic rings. The number of hydrogen-bond donors (Lipinski definition) is 1. The molecule has 1 saturated heterocycles. The minimum absolute atomic E-state index is 0.0486. The van der Waals surface area contributed by atoms with E-state index in [4.69, 9.17) is 9.47 Å². The molecular formula is C20H20N2O5. The Morgan fingerprint density at radius 3 is 2.37 bits per heavy atom. The third-order valence-corrected chi connectivity index (χ3v) is 4.46. The first kappa shape index (κ1) is 18.6. The van der Waals surface area contributed by atoms with Gasteiger partial charge in [0, 0.05) is 31.6 Å². The first-order valence-electron chi connectivity index (χ1n) is 8.40. The van der Waals surface area contributed by atoms with Crippen LogP contribution in [0.25, 0.3) is 5.76 Å². The molecule has 1 aromatic heterocycles. The highest BCUT2D eigenvalue weighted by molar-refractivity contribution is 6.46. The van der Waals surface area contributed by atoms with Gasteiger partial charge in [0.05, 0.1) is 25.3 Å². The predicted octanol–water partition coefficient (Wildman–Crippen LogP) is 2.16. The number of nitrogens with zero attached hydrogens (tertiary/aromatic N) is 2. The summed E-state index contributed by atoms with van der Waals surface area (Å²) in [7, 11) is 3.06. The van der Waals surface area contributed by atoms with E-state index < -0.39 is 17.7 Å². The number of ether oxygens (including phenoxy) is 2. The van der Waals surface area contributed by atoms with E-state index in [0.29, 0.717) is 16.9 Å². The van der Waals surface area contributed by atoms with Crippen LogP contribution in [-0.2, 0) is 14.3 Å². The predicted molar refractivity (Wildman–Crippen MR) is 98.1 cm³/mol. The Balaban J connectivity index is 2.11. The van der Waals surface area contributed by atoms with Gasteiger partial charge in [0.1, 0.15) is 11.5 Å². The van der Waals surface area contributed by atoms with E-state index in [1.54, 1.807) is 55.9 Å². The van der Waals surface area contributed by atoms with Gasteiger partial charge in [-0.25, -0.2) is 0 Å². The van der Waals surface area contributed by atoms with Crippen molar-refractivity contribution in [3.8, 4) is 5.75 Å². The van der Waals surface area contributed by atoms with Gasteiger partial charge in [-0.1, -0.05) is 0 Å². The van der Waals surface area contributed by atoms with Crippen LogP contribution in [0.3, 0.4) is 0 Å². The lowest BCUT2D eigenvalue weighted by Gasteiger charge is -2.24. The number of rotatable bonds is 6. The van der Waals surface area contributed by atoms with Crippen LogP contribution < -0.4 is 4.74 Å². The van der Waals surface area contributed by atoms with Crippen LogP contribution in [0.1, 0.15) is 17.2 Å². The number of aliphatic hydroxyl groups excluding tert-OH is 1. The van der Waals surface area contributed by atoms with Gasteiger partial charge in [-0.3, -0.25) is 14.6 Å². The molecule has 140 valence electrons. The molecule has 2 aromatic rings. The second kappa shape index (κ2) is 8.01. The lowest BCUT2D eigenvalue weighted by Crippen LogP contribution is -2.32. The number of likely N-dealkylation sites (tertiary alicyclic amines) is 1. The average Bonchev–Trinajstić information content (AvgIpc) is 2.97. The molecule has 1 aliphatic heterocycles. The minimum atomic E-state index is -0.721. The van der Waals surface area contributed by atoms with Crippen molar-refractivity contribution >= 4 is 17.4 Å². The molecule has 1 N–H and O–H groups in total. The standard InChI is InChI=1S/C20H20N2O5/c1-26-12-11-22-17(13-7-9-21-10-8-13)16(19(24)20(22)25)18(23)14-3-5-15(27-2)6-4-14/h3-10,17,23H,11-12H2,1-2H3/b18-16-. The molecule has 1 amide bonds. The Morgan fingerprint density at radius 2 is 1.78 bits per heavy atom. The van der Waals surface area contributed by atoms with Gasteiger partial charge in [-0.05, 0) is 42.0 Å². The van der Waals surface area contributed by atoms with Crippen LogP contribution in [0.15, 0.2) is 54.4 Å². The first-order valence-corrected chi connectivity index (χ1v) is 8.40. The Morgan fingerprint density at radius 1 is 1.11 bits per heavy atom. The number of methoxy groups -OCH3 is 2. The van der Waals surface area contributed by atoms with E-state index in [0.717, 1.165) is 0 Å². The zero-order chi connectivity index (χ0) is 19.4. The number of benzene rings is 1. The molecule has 7 nitrogen and oxygen atoms in total. The second-order valence-electron chi connectivity index (χ2n) is 5.99. The molecule has 1 fully saturated rings. The van der Waals surface area contributed by atoms with E-state index in [9.17, 15) is 14.7 Å². The fourth-order valence-electron chi connectivity index (χ4n) is 3.10. The summed E-state index contributed by atoms with van der Waals surface area (Å²) in [6, 6.07) is 9.37. The van der Waals surface area contributed by atoms with Crippen LogP contribution in [0.5, 0.6) is 5.75 Å². The summed E-state index contributed by atoms with van der Waals surface area (Å²) < 4.78 is 10.2. The number of carbonyl (C=O) groups excluding carboxylic acids is 2. The van der Waals surface area contributed by atoms with Gasteiger partial charge < -0.3 is 19.5 Å². The van der Waals surface area contributed by atoms with Crippen LogP contribution in [-0.4, -0.2) is 54.1 Å². The van der Waals surface area contributed by atoms with Crippen molar-refractivity contribution in [2.75, 3.05) is 27.4 Å². The fraction of sp³-hybridized carbons (Fsp3) is 0.250. The fourth-order valence-corrected chi connectivity index (χ4v) is 3.10. The Kier molecular flexibility index (Phi) is 5.52. The van der Waals surface area contributed by atoms with Gasteiger partial charge in [0.2, 0.25) is 0 Å². The molecule has 1 atom stereocenters. The van der Waals surface area contributed by atoms with Crippen molar-refractivity contribution in [3.05, 3.63) is 65.5 Å². The number of ketones is 1. The van der Waals surface area contributed by atoms with E-state index in [-0.39, 0.29) is 24.5 Å². The van der Waals surface area contributed by atoms with Crippen LogP contribution in [0.4, 0.5) is 0 Å². The van der Waals surface area contributed by atoms with E-state index in [1.165, 1.54) is 12.0 Å². The number of amides is 1. The molecule has 1 aromatic carbocycles. The molecule has 0 aliphatic carbocycles. The highest BCUT2D eigenvalue weighted by Gasteiger charge is 2.45. The largest absolute Gasteiger partial charge is 0.507 e. The Labute approximate surface area is 156 Å². The summed E-state index contributed by atoms with van der Waals surface area (Å²) in [5.41, 5.74) is 1.17. The zero-order valence-corrected chi connectivity index (χ0v) is 15.1. The zero-order valence-electron chi connectivity index (χ0n) is 15.1. The van der Waals surface area contributed by atoms with Crippen molar-refractivity contribution < 1.29 is 24.2 Å². The van der Waals surface area contributed by atoms with Crippen molar-refractivity contribution in [3.63, 3.8) is 0 Å². The number of pyridine rings is 1. The van der Waals surface area contributed by atoms with E-state index in [2.05, 4.69) is 4.98 Å². The molecule has 0 saturated carbocycles. The lowest BCUT2D eigenvalue weighted by molar-refractivity contribution is -0.140. The Hall–Kier alpha value is -3.19. The SMILES string of the molecule is COCCN1C(=O)C(=O)/C(=C(\O)c2ccc(OC)cc2)C1c1ccncc1. The first-order chi connectivity index (χ1) is 13.1. The van der Waals surface area contributed by atoms with Crippen molar-refractivity contribution in [1.29, 1.82) is 0 Å². The van der Waals surface area contributed by atoms with Crippen LogP contribution in [0, 0.1) is 0 Å². The maximum atomic E-state index is 12.7. The molecule has 0 bridgehead atoms. The molecule has 27 heavy (non-hydrogen) atoms. The van der Waals surface area contributed by atoms with E-state index >= 15 is 0 Å². The van der Waals surface area contributed by atoms with Crippen molar-refractivity contribution in [2.24, 2.45) is 0 Å². The molecule has 0 spiro atoms. The molecular weight excluding hydrogens is 348 g/mol. The normalized spacial score (nSPS) is 18.7. The monoisotopic (exact) mass is 368 g/mol. The number of carbonyl (C=O) groups is 2. The second-order valence-corrected chi connectivity index (χ2v) is 5.99. The quantitative estimate of drug-likeness (QED) is 0.477. The summed E-state index contributed by atoms with van der Waals surface area (Å²) in [4.78, 5) is 30.7. The van der Waals surface area contributed by atoms with Crippen molar-refractivity contribution in [2.45, 2.75) is 6.04 Å². The van der Waals surface area contributed by atoms with Crippen molar-refractivity contribution in [1.82, 2.24) is 9.88 Å². The van der Waals surface area contributed by atoms with Gasteiger partial charge >= 0.3 is 0 Å². The molecule has 1 unspecified atom stereocenters. The summed E-state index contributed by atoms with van der Waals surface area (Å²) in [5, 5.41) is 10.8. The maximum absolute atomic E-state index is 12.7. The molecule has 2 heterocycles. The van der Waals surface area contributed by atoms with Gasteiger partial charge in [-0.15, -0.1) is 0 Å². The van der Waals surface area contributed by atoms with E-state index in [1.807, 2.05) is 0 Å². The summed E-state index contributed by atoms with van der Waals surface area (Å²) in [6.45, 7) is 0.505.